The van der Waals surface area contributed by atoms with E-state index < -0.39 is 0 Å². The van der Waals surface area contributed by atoms with Crippen LogP contribution in [0.4, 0.5) is 4.79 Å². The summed E-state index contributed by atoms with van der Waals surface area (Å²) >= 11 is 0. The van der Waals surface area contributed by atoms with E-state index >= 15 is 0 Å². The molecule has 4 heteroatoms. The molecule has 96 valence electrons. The zero-order valence-corrected chi connectivity index (χ0v) is 10.8. The Hall–Kier alpha value is -0.770. The van der Waals surface area contributed by atoms with Gasteiger partial charge in [0, 0.05) is 31.2 Å². The molecule has 1 saturated carbocycles. The zero-order chi connectivity index (χ0) is 12.0. The molecule has 0 bridgehead atoms. The number of fused-ring (bicyclic) bond motifs is 1. The average molecular weight is 237 g/mol. The second-order valence-corrected chi connectivity index (χ2v) is 6.37. The monoisotopic (exact) mass is 237 g/mol. The molecule has 0 radical (unpaired) electrons. The summed E-state index contributed by atoms with van der Waals surface area (Å²) in [5.41, 5.74) is 0.00198. The Morgan fingerprint density at radius 1 is 1.35 bits per heavy atom. The molecule has 2 atom stereocenters. The molecule has 0 spiro atoms. The van der Waals surface area contributed by atoms with Crippen molar-refractivity contribution >= 4 is 6.03 Å². The summed E-state index contributed by atoms with van der Waals surface area (Å²) in [5, 5.41) is 6.61. The highest BCUT2D eigenvalue weighted by molar-refractivity contribution is 5.76. The first-order chi connectivity index (χ1) is 8.09. The van der Waals surface area contributed by atoms with Crippen LogP contribution in [0.5, 0.6) is 0 Å². The maximum Gasteiger partial charge on any atom is 0.318 e. The third-order valence-electron chi connectivity index (χ3n) is 5.04. The zero-order valence-electron chi connectivity index (χ0n) is 10.8. The number of carbonyl (C=O) groups excluding carboxylic acids is 1. The summed E-state index contributed by atoms with van der Waals surface area (Å²) in [7, 11) is 0. The molecule has 1 aliphatic carbocycles. The van der Waals surface area contributed by atoms with Gasteiger partial charge < -0.3 is 15.5 Å². The summed E-state index contributed by atoms with van der Waals surface area (Å²) in [6.07, 6.45) is 3.59. The first-order valence-electron chi connectivity index (χ1n) is 6.88. The quantitative estimate of drug-likeness (QED) is 0.719. The van der Waals surface area contributed by atoms with Crippen LogP contribution < -0.4 is 10.6 Å². The van der Waals surface area contributed by atoms with Gasteiger partial charge in [0.15, 0.2) is 0 Å². The molecule has 3 aliphatic rings. The van der Waals surface area contributed by atoms with E-state index in [1.54, 1.807) is 0 Å². The maximum atomic E-state index is 12.3. The summed E-state index contributed by atoms with van der Waals surface area (Å²) in [4.78, 5) is 14.4. The van der Waals surface area contributed by atoms with Gasteiger partial charge in [0.25, 0.3) is 0 Å². The molecule has 2 N–H and O–H groups in total. The molecule has 2 heterocycles. The average Bonchev–Trinajstić information content (AvgIpc) is 2.75. The molecular weight excluding hydrogens is 214 g/mol. The van der Waals surface area contributed by atoms with Gasteiger partial charge in [0.1, 0.15) is 0 Å². The van der Waals surface area contributed by atoms with Gasteiger partial charge in [-0.15, -0.1) is 0 Å². The minimum atomic E-state index is 0.00198. The van der Waals surface area contributed by atoms with E-state index in [-0.39, 0.29) is 11.6 Å². The van der Waals surface area contributed by atoms with Gasteiger partial charge in [-0.25, -0.2) is 4.79 Å². The number of rotatable bonds is 1. The molecule has 2 amide bonds. The lowest BCUT2D eigenvalue weighted by atomic mass is 9.85. The molecule has 2 aliphatic heterocycles. The van der Waals surface area contributed by atoms with E-state index in [0.717, 1.165) is 32.5 Å². The highest BCUT2D eigenvalue weighted by Crippen LogP contribution is 2.40. The number of nitrogens with zero attached hydrogens (tertiary/aromatic N) is 1. The van der Waals surface area contributed by atoms with Gasteiger partial charge in [-0.05, 0) is 44.9 Å². The normalized spacial score (nSPS) is 35.5. The Morgan fingerprint density at radius 3 is 2.71 bits per heavy atom. The highest BCUT2D eigenvalue weighted by Gasteiger charge is 2.51. The van der Waals surface area contributed by atoms with Crippen molar-refractivity contribution in [3.8, 4) is 0 Å². The van der Waals surface area contributed by atoms with Crippen molar-refractivity contribution in [1.82, 2.24) is 15.5 Å². The minimum Gasteiger partial charge on any atom is -0.335 e. The standard InChI is InChI=1S/C13H23N3O/c1-13(2)11-7-14-6-9(11)8-16(13)12(17)15-10-4-3-5-10/h9-11,14H,3-8H2,1-2H3,(H,15,17). The Balaban J connectivity index is 1.68. The van der Waals surface area contributed by atoms with E-state index in [1.165, 1.54) is 6.42 Å². The molecule has 0 aromatic rings. The number of nitrogens with one attached hydrogen (secondary N) is 2. The number of urea groups is 1. The number of likely N-dealkylation sites (tertiary alicyclic amines) is 1. The Bertz CT molecular complexity index is 325. The predicted molar refractivity (Wildman–Crippen MR) is 66.8 cm³/mol. The second-order valence-electron chi connectivity index (χ2n) is 6.37. The van der Waals surface area contributed by atoms with Crippen LogP contribution in [0.25, 0.3) is 0 Å². The fourth-order valence-electron chi connectivity index (χ4n) is 3.57. The molecule has 17 heavy (non-hydrogen) atoms. The second kappa shape index (κ2) is 3.87. The number of carbonyl (C=O) groups is 1. The van der Waals surface area contributed by atoms with E-state index in [9.17, 15) is 4.79 Å². The third-order valence-corrected chi connectivity index (χ3v) is 5.04. The van der Waals surface area contributed by atoms with Crippen LogP contribution in [0.3, 0.4) is 0 Å². The lowest BCUT2D eigenvalue weighted by molar-refractivity contribution is 0.139. The molecule has 4 nitrogen and oxygen atoms in total. The molecule has 0 aromatic heterocycles. The van der Waals surface area contributed by atoms with Crippen LogP contribution in [0, 0.1) is 11.8 Å². The fraction of sp³-hybridized carbons (Fsp3) is 0.923. The van der Waals surface area contributed by atoms with E-state index in [1.807, 2.05) is 0 Å². The molecule has 3 fully saturated rings. The maximum absolute atomic E-state index is 12.3. The van der Waals surface area contributed by atoms with Crippen molar-refractivity contribution in [3.63, 3.8) is 0 Å². The largest absolute Gasteiger partial charge is 0.335 e. The number of hydrogen-bond donors (Lipinski definition) is 2. The lowest BCUT2D eigenvalue weighted by Gasteiger charge is -2.37. The van der Waals surface area contributed by atoms with E-state index in [0.29, 0.717) is 17.9 Å². The lowest BCUT2D eigenvalue weighted by Crippen LogP contribution is -2.54. The van der Waals surface area contributed by atoms with Crippen LogP contribution in [0.2, 0.25) is 0 Å². The molecule has 3 rings (SSSR count). The van der Waals surface area contributed by atoms with Gasteiger partial charge in [0.05, 0.1) is 0 Å². The summed E-state index contributed by atoms with van der Waals surface area (Å²) in [6.45, 7) is 7.48. The van der Waals surface area contributed by atoms with E-state index in [4.69, 9.17) is 0 Å². The van der Waals surface area contributed by atoms with Crippen molar-refractivity contribution in [2.75, 3.05) is 19.6 Å². The van der Waals surface area contributed by atoms with Crippen molar-refractivity contribution in [3.05, 3.63) is 0 Å². The van der Waals surface area contributed by atoms with Gasteiger partial charge in [-0.1, -0.05) is 0 Å². The molecular formula is C13H23N3O. The predicted octanol–water partition coefficient (Wildman–Crippen LogP) is 1.18. The fourth-order valence-corrected chi connectivity index (χ4v) is 3.57. The van der Waals surface area contributed by atoms with Crippen LogP contribution in [-0.2, 0) is 0 Å². The summed E-state index contributed by atoms with van der Waals surface area (Å²) in [5.74, 6) is 1.27. The Morgan fingerprint density at radius 2 is 2.12 bits per heavy atom. The Kier molecular flexibility index (Phi) is 2.58. The number of hydrogen-bond acceptors (Lipinski definition) is 2. The summed E-state index contributed by atoms with van der Waals surface area (Å²) < 4.78 is 0. The van der Waals surface area contributed by atoms with Crippen molar-refractivity contribution in [1.29, 1.82) is 0 Å². The molecule has 2 unspecified atom stereocenters. The van der Waals surface area contributed by atoms with Gasteiger partial charge in [-0.3, -0.25) is 0 Å². The first kappa shape index (κ1) is 11.3. The highest BCUT2D eigenvalue weighted by atomic mass is 16.2. The van der Waals surface area contributed by atoms with Crippen molar-refractivity contribution in [2.45, 2.75) is 44.7 Å². The van der Waals surface area contributed by atoms with Crippen LogP contribution in [0.15, 0.2) is 0 Å². The Labute approximate surface area is 103 Å². The molecule has 0 aromatic carbocycles. The topological polar surface area (TPSA) is 44.4 Å². The van der Waals surface area contributed by atoms with Crippen molar-refractivity contribution < 1.29 is 4.79 Å². The smallest absolute Gasteiger partial charge is 0.318 e. The van der Waals surface area contributed by atoms with Gasteiger partial charge >= 0.3 is 6.03 Å². The summed E-state index contributed by atoms with van der Waals surface area (Å²) in [6, 6.07) is 0.603. The van der Waals surface area contributed by atoms with Crippen LogP contribution in [-0.4, -0.2) is 42.1 Å². The van der Waals surface area contributed by atoms with Gasteiger partial charge in [0.2, 0.25) is 0 Å². The third kappa shape index (κ3) is 1.73. The first-order valence-corrected chi connectivity index (χ1v) is 6.88. The number of amides is 2. The van der Waals surface area contributed by atoms with Crippen molar-refractivity contribution in [2.24, 2.45) is 11.8 Å². The molecule has 2 saturated heterocycles. The minimum absolute atomic E-state index is 0.00198. The van der Waals surface area contributed by atoms with E-state index in [2.05, 4.69) is 29.4 Å². The van der Waals surface area contributed by atoms with Gasteiger partial charge in [-0.2, -0.15) is 0 Å². The van der Waals surface area contributed by atoms with Crippen LogP contribution in [0.1, 0.15) is 33.1 Å². The van der Waals surface area contributed by atoms with Crippen LogP contribution >= 0.6 is 0 Å². The SMILES string of the molecule is CC1(C)C2CNCC2CN1C(=O)NC1CCC1.